The first-order valence-electron chi connectivity index (χ1n) is 9.97. The van der Waals surface area contributed by atoms with Crippen molar-refractivity contribution in [2.75, 3.05) is 39.5 Å². The zero-order valence-electron chi connectivity index (χ0n) is 15.2. The molecule has 0 radical (unpaired) electrons. The van der Waals surface area contributed by atoms with Crippen molar-refractivity contribution < 1.29 is 14.2 Å². The van der Waals surface area contributed by atoms with Gasteiger partial charge in [0.15, 0.2) is 5.79 Å². The Morgan fingerprint density at radius 3 is 2.56 bits per heavy atom. The Labute approximate surface area is 151 Å². The number of hydrogen-bond acceptors (Lipinski definition) is 4. The van der Waals surface area contributed by atoms with E-state index in [0.29, 0.717) is 6.10 Å². The Hall–Kier alpha value is -0.940. The largest absolute Gasteiger partial charge is 0.381 e. The van der Waals surface area contributed by atoms with Gasteiger partial charge in [0.05, 0.1) is 12.7 Å². The van der Waals surface area contributed by atoms with Crippen LogP contribution in [0.5, 0.6) is 0 Å². The average Bonchev–Trinajstić information content (AvgIpc) is 3.05. The molecule has 1 aromatic rings. The maximum absolute atomic E-state index is 6.41. The van der Waals surface area contributed by atoms with Crippen LogP contribution in [0.2, 0.25) is 0 Å². The van der Waals surface area contributed by atoms with Gasteiger partial charge < -0.3 is 19.1 Å². The first-order valence-corrected chi connectivity index (χ1v) is 9.97. The summed E-state index contributed by atoms with van der Waals surface area (Å²) in [7, 11) is 0. The number of likely N-dealkylation sites (tertiary alicyclic amines) is 1. The van der Waals surface area contributed by atoms with Crippen LogP contribution in [0.25, 0.3) is 0 Å². The van der Waals surface area contributed by atoms with Gasteiger partial charge in [0.1, 0.15) is 0 Å². The van der Waals surface area contributed by atoms with Crippen molar-refractivity contribution in [2.24, 2.45) is 5.92 Å². The van der Waals surface area contributed by atoms with Gasteiger partial charge in [0.2, 0.25) is 0 Å². The summed E-state index contributed by atoms with van der Waals surface area (Å²) in [6, 6.07) is 10.8. The molecule has 0 aromatic heterocycles. The Balaban J connectivity index is 1.20. The molecule has 3 aliphatic rings. The second kappa shape index (κ2) is 8.17. The van der Waals surface area contributed by atoms with Gasteiger partial charge in [-0.05, 0) is 37.2 Å². The first-order chi connectivity index (χ1) is 12.3. The fourth-order valence-electron chi connectivity index (χ4n) is 4.40. The average molecular weight is 345 g/mol. The van der Waals surface area contributed by atoms with Crippen molar-refractivity contribution in [3.8, 4) is 0 Å². The molecule has 4 rings (SSSR count). The van der Waals surface area contributed by atoms with Gasteiger partial charge in [-0.2, -0.15) is 0 Å². The molecule has 4 heteroatoms. The fraction of sp³-hybridized carbons (Fsp3) is 0.714. The van der Waals surface area contributed by atoms with Crippen LogP contribution in [0.15, 0.2) is 30.3 Å². The van der Waals surface area contributed by atoms with Crippen LogP contribution >= 0.6 is 0 Å². The monoisotopic (exact) mass is 345 g/mol. The molecule has 1 spiro atoms. The lowest BCUT2D eigenvalue weighted by atomic mass is 9.94. The number of nitrogens with zero attached hydrogens (tertiary/aromatic N) is 1. The quantitative estimate of drug-likeness (QED) is 0.820. The minimum absolute atomic E-state index is 0.291. The predicted octanol–water partition coefficient (Wildman–Crippen LogP) is 3.25. The molecule has 3 fully saturated rings. The standard InChI is InChI=1S/C21H31NO3/c1-2-4-18(5-3-1)6-11-22-12-9-21(10-13-22)24-17-20(25-21)16-19-7-14-23-15-8-19/h1-5,19-20H,6-17H2. The van der Waals surface area contributed by atoms with Crippen molar-refractivity contribution in [3.05, 3.63) is 35.9 Å². The zero-order chi connectivity index (χ0) is 17.0. The lowest BCUT2D eigenvalue weighted by Crippen LogP contribution is -2.46. The molecule has 3 aliphatic heterocycles. The summed E-state index contributed by atoms with van der Waals surface area (Å²) in [6.45, 7) is 5.90. The Morgan fingerprint density at radius 1 is 1.04 bits per heavy atom. The van der Waals surface area contributed by atoms with E-state index in [1.807, 2.05) is 0 Å². The summed E-state index contributed by atoms with van der Waals surface area (Å²) in [5, 5.41) is 0. The second-order valence-electron chi connectivity index (χ2n) is 7.83. The van der Waals surface area contributed by atoms with Gasteiger partial charge in [0.25, 0.3) is 0 Å². The van der Waals surface area contributed by atoms with E-state index < -0.39 is 0 Å². The lowest BCUT2D eigenvalue weighted by Gasteiger charge is -2.38. The number of ether oxygens (including phenoxy) is 3. The third-order valence-electron chi connectivity index (χ3n) is 6.03. The molecule has 3 heterocycles. The molecule has 1 unspecified atom stereocenters. The minimum Gasteiger partial charge on any atom is -0.381 e. The third-order valence-corrected chi connectivity index (χ3v) is 6.03. The van der Waals surface area contributed by atoms with Gasteiger partial charge in [-0.15, -0.1) is 0 Å². The molecule has 0 amide bonds. The highest BCUT2D eigenvalue weighted by molar-refractivity contribution is 5.14. The van der Waals surface area contributed by atoms with Gasteiger partial charge in [-0.1, -0.05) is 30.3 Å². The highest BCUT2D eigenvalue weighted by Crippen LogP contribution is 2.36. The Morgan fingerprint density at radius 2 is 1.80 bits per heavy atom. The molecule has 0 aliphatic carbocycles. The molecule has 0 saturated carbocycles. The summed E-state index contributed by atoms with van der Waals surface area (Å²) in [5.41, 5.74) is 1.42. The summed E-state index contributed by atoms with van der Waals surface area (Å²) >= 11 is 0. The van der Waals surface area contributed by atoms with E-state index >= 15 is 0 Å². The van der Waals surface area contributed by atoms with Crippen LogP contribution < -0.4 is 0 Å². The van der Waals surface area contributed by atoms with Gasteiger partial charge >= 0.3 is 0 Å². The first kappa shape index (κ1) is 17.5. The number of rotatable bonds is 5. The van der Waals surface area contributed by atoms with Crippen molar-refractivity contribution in [3.63, 3.8) is 0 Å². The van der Waals surface area contributed by atoms with Crippen LogP contribution in [0.1, 0.15) is 37.7 Å². The van der Waals surface area contributed by atoms with Crippen LogP contribution in [0, 0.1) is 5.92 Å². The van der Waals surface area contributed by atoms with Gasteiger partial charge in [-0.25, -0.2) is 0 Å². The normalized spacial score (nSPS) is 27.8. The molecule has 3 saturated heterocycles. The molecule has 0 N–H and O–H groups in total. The topological polar surface area (TPSA) is 30.9 Å². The SMILES string of the molecule is c1ccc(CCN2CCC3(CC2)OCC(CC2CCOCC2)O3)cc1. The maximum atomic E-state index is 6.41. The molecule has 0 bridgehead atoms. The number of benzene rings is 1. The zero-order valence-corrected chi connectivity index (χ0v) is 15.2. The molecule has 138 valence electrons. The van der Waals surface area contributed by atoms with E-state index in [4.69, 9.17) is 14.2 Å². The van der Waals surface area contributed by atoms with E-state index in [1.165, 1.54) is 18.4 Å². The van der Waals surface area contributed by atoms with Crippen molar-refractivity contribution in [2.45, 2.75) is 50.4 Å². The predicted molar refractivity (Wildman–Crippen MR) is 97.5 cm³/mol. The molecule has 25 heavy (non-hydrogen) atoms. The smallest absolute Gasteiger partial charge is 0.171 e. The number of piperidine rings is 1. The fourth-order valence-corrected chi connectivity index (χ4v) is 4.40. The molecule has 4 nitrogen and oxygen atoms in total. The van der Waals surface area contributed by atoms with Gasteiger partial charge in [-0.3, -0.25) is 0 Å². The highest BCUT2D eigenvalue weighted by atomic mass is 16.7. The molecular formula is C21H31NO3. The van der Waals surface area contributed by atoms with E-state index in [1.54, 1.807) is 0 Å². The van der Waals surface area contributed by atoms with E-state index in [2.05, 4.69) is 35.2 Å². The molecular weight excluding hydrogens is 314 g/mol. The maximum Gasteiger partial charge on any atom is 0.171 e. The molecule has 1 atom stereocenters. The van der Waals surface area contributed by atoms with Crippen molar-refractivity contribution in [1.82, 2.24) is 4.90 Å². The minimum atomic E-state index is -0.293. The van der Waals surface area contributed by atoms with Crippen molar-refractivity contribution >= 4 is 0 Å². The highest BCUT2D eigenvalue weighted by Gasteiger charge is 2.44. The second-order valence-corrected chi connectivity index (χ2v) is 7.83. The summed E-state index contributed by atoms with van der Waals surface area (Å²) in [5.74, 6) is 0.461. The van der Waals surface area contributed by atoms with Crippen LogP contribution in [-0.4, -0.2) is 56.2 Å². The summed E-state index contributed by atoms with van der Waals surface area (Å²) in [6.07, 6.45) is 6.93. The van der Waals surface area contributed by atoms with Crippen LogP contribution in [-0.2, 0) is 20.6 Å². The lowest BCUT2D eigenvalue weighted by molar-refractivity contribution is -0.196. The van der Waals surface area contributed by atoms with Crippen LogP contribution in [0.4, 0.5) is 0 Å². The van der Waals surface area contributed by atoms with Gasteiger partial charge in [0, 0.05) is 45.7 Å². The molecule has 1 aromatic carbocycles. The van der Waals surface area contributed by atoms with E-state index in [-0.39, 0.29) is 5.79 Å². The van der Waals surface area contributed by atoms with E-state index in [9.17, 15) is 0 Å². The third kappa shape index (κ3) is 4.62. The van der Waals surface area contributed by atoms with Crippen molar-refractivity contribution in [1.29, 1.82) is 0 Å². The summed E-state index contributed by atoms with van der Waals surface area (Å²) in [4.78, 5) is 2.55. The Kier molecular flexibility index (Phi) is 5.71. The summed E-state index contributed by atoms with van der Waals surface area (Å²) < 4.78 is 18.0. The van der Waals surface area contributed by atoms with E-state index in [0.717, 1.165) is 71.1 Å². The number of hydrogen-bond donors (Lipinski definition) is 0. The Bertz CT molecular complexity index is 521. The van der Waals surface area contributed by atoms with Crippen LogP contribution in [0.3, 0.4) is 0 Å².